The number of rotatable bonds is 3. The van der Waals surface area contributed by atoms with E-state index in [-0.39, 0.29) is 23.3 Å². The minimum atomic E-state index is 0.164. The summed E-state index contributed by atoms with van der Waals surface area (Å²) in [4.78, 5) is 12.2. The molecule has 3 nitrogen and oxygen atoms in total. The highest BCUT2D eigenvalue weighted by atomic mass is 16.1. The molecular weight excluding hydrogens is 224 g/mol. The first kappa shape index (κ1) is 15.5. The molecule has 0 spiro atoms. The quantitative estimate of drug-likeness (QED) is 0.813. The van der Waals surface area contributed by atoms with E-state index in [4.69, 9.17) is 5.73 Å². The van der Waals surface area contributed by atoms with Crippen LogP contribution < -0.4 is 11.1 Å². The van der Waals surface area contributed by atoms with Crippen LogP contribution in [0.2, 0.25) is 0 Å². The molecule has 0 radical (unpaired) electrons. The van der Waals surface area contributed by atoms with Crippen LogP contribution in [0.1, 0.15) is 53.9 Å². The molecule has 0 aliphatic heterocycles. The molecule has 1 aliphatic carbocycles. The van der Waals surface area contributed by atoms with Gasteiger partial charge >= 0.3 is 0 Å². The predicted octanol–water partition coefficient (Wildman–Crippen LogP) is 2.55. The third kappa shape index (κ3) is 4.27. The van der Waals surface area contributed by atoms with E-state index < -0.39 is 0 Å². The molecule has 0 aromatic rings. The number of nitrogens with two attached hydrogens (primary N) is 1. The summed E-state index contributed by atoms with van der Waals surface area (Å²) in [7, 11) is 0. The van der Waals surface area contributed by atoms with Crippen molar-refractivity contribution in [3.63, 3.8) is 0 Å². The van der Waals surface area contributed by atoms with Crippen molar-refractivity contribution in [1.82, 2.24) is 5.32 Å². The molecule has 0 heterocycles. The SMILES string of the molecule is CC1CC(N)CCC1C(=O)NCC(C)C(C)(C)C. The lowest BCUT2D eigenvalue weighted by atomic mass is 9.77. The third-order valence-electron chi connectivity index (χ3n) is 4.61. The molecule has 0 aromatic carbocycles. The Labute approximate surface area is 112 Å². The highest BCUT2D eigenvalue weighted by molar-refractivity contribution is 5.79. The second-order valence-corrected chi connectivity index (χ2v) is 7.17. The fourth-order valence-corrected chi connectivity index (χ4v) is 2.52. The van der Waals surface area contributed by atoms with Crippen LogP contribution in [-0.4, -0.2) is 18.5 Å². The van der Waals surface area contributed by atoms with E-state index >= 15 is 0 Å². The molecule has 0 aromatic heterocycles. The van der Waals surface area contributed by atoms with Crippen molar-refractivity contribution in [2.45, 2.75) is 59.9 Å². The molecule has 1 amide bonds. The molecule has 0 bridgehead atoms. The summed E-state index contributed by atoms with van der Waals surface area (Å²) < 4.78 is 0. The van der Waals surface area contributed by atoms with E-state index in [2.05, 4.69) is 39.9 Å². The fraction of sp³-hybridized carbons (Fsp3) is 0.933. The van der Waals surface area contributed by atoms with Gasteiger partial charge in [0.1, 0.15) is 0 Å². The largest absolute Gasteiger partial charge is 0.356 e. The summed E-state index contributed by atoms with van der Waals surface area (Å²) in [6.45, 7) is 11.8. The maximum atomic E-state index is 12.2. The number of hydrogen-bond acceptors (Lipinski definition) is 2. The van der Waals surface area contributed by atoms with Crippen LogP contribution in [0, 0.1) is 23.2 Å². The van der Waals surface area contributed by atoms with Crippen molar-refractivity contribution in [3.8, 4) is 0 Å². The standard InChI is InChI=1S/C15H30N2O/c1-10-8-12(16)6-7-13(10)14(18)17-9-11(2)15(3,4)5/h10-13H,6-9,16H2,1-5H3,(H,17,18). The van der Waals surface area contributed by atoms with Crippen LogP contribution in [-0.2, 0) is 4.79 Å². The Morgan fingerprint density at radius 2 is 2.00 bits per heavy atom. The van der Waals surface area contributed by atoms with Gasteiger partial charge in [0.05, 0.1) is 0 Å². The molecule has 3 heteroatoms. The van der Waals surface area contributed by atoms with Gasteiger partial charge in [-0.25, -0.2) is 0 Å². The Balaban J connectivity index is 2.41. The lowest BCUT2D eigenvalue weighted by Crippen LogP contribution is -2.43. The second-order valence-electron chi connectivity index (χ2n) is 7.17. The summed E-state index contributed by atoms with van der Waals surface area (Å²) in [5.41, 5.74) is 6.18. The first-order valence-electron chi connectivity index (χ1n) is 7.25. The predicted molar refractivity (Wildman–Crippen MR) is 76.1 cm³/mol. The zero-order chi connectivity index (χ0) is 13.9. The Morgan fingerprint density at radius 3 is 2.50 bits per heavy atom. The normalized spacial score (nSPS) is 30.9. The summed E-state index contributed by atoms with van der Waals surface area (Å²) in [5.74, 6) is 1.30. The molecule has 4 unspecified atom stereocenters. The zero-order valence-corrected chi connectivity index (χ0v) is 12.6. The Bertz CT molecular complexity index is 283. The van der Waals surface area contributed by atoms with Crippen LogP contribution in [0.4, 0.5) is 0 Å². The molecule has 3 N–H and O–H groups in total. The van der Waals surface area contributed by atoms with Gasteiger partial charge in [-0.1, -0.05) is 34.6 Å². The van der Waals surface area contributed by atoms with Gasteiger partial charge in [-0.15, -0.1) is 0 Å². The second kappa shape index (κ2) is 6.05. The Hall–Kier alpha value is -0.570. The molecule has 4 atom stereocenters. The van der Waals surface area contributed by atoms with E-state index in [1.165, 1.54) is 0 Å². The van der Waals surface area contributed by atoms with Crippen molar-refractivity contribution in [3.05, 3.63) is 0 Å². The van der Waals surface area contributed by atoms with Gasteiger partial charge in [-0.2, -0.15) is 0 Å². The van der Waals surface area contributed by atoms with Crippen LogP contribution >= 0.6 is 0 Å². The van der Waals surface area contributed by atoms with Gasteiger partial charge in [-0.3, -0.25) is 4.79 Å². The van der Waals surface area contributed by atoms with Crippen molar-refractivity contribution < 1.29 is 4.79 Å². The first-order valence-corrected chi connectivity index (χ1v) is 7.25. The van der Waals surface area contributed by atoms with E-state index in [1.54, 1.807) is 0 Å². The molecule has 1 saturated carbocycles. The zero-order valence-electron chi connectivity index (χ0n) is 12.6. The van der Waals surface area contributed by atoms with E-state index in [9.17, 15) is 4.79 Å². The highest BCUT2D eigenvalue weighted by Gasteiger charge is 2.31. The highest BCUT2D eigenvalue weighted by Crippen LogP contribution is 2.29. The van der Waals surface area contributed by atoms with E-state index in [0.29, 0.717) is 11.8 Å². The average Bonchev–Trinajstić information content (AvgIpc) is 2.24. The van der Waals surface area contributed by atoms with Gasteiger partial charge in [0.2, 0.25) is 5.91 Å². The average molecular weight is 254 g/mol. The number of amides is 1. The van der Waals surface area contributed by atoms with Crippen LogP contribution in [0.25, 0.3) is 0 Å². The number of nitrogens with one attached hydrogen (secondary N) is 1. The van der Waals surface area contributed by atoms with Gasteiger partial charge in [0, 0.05) is 18.5 Å². The van der Waals surface area contributed by atoms with Crippen LogP contribution in [0.3, 0.4) is 0 Å². The van der Waals surface area contributed by atoms with Crippen molar-refractivity contribution in [1.29, 1.82) is 0 Å². The molecule has 1 rings (SSSR count). The van der Waals surface area contributed by atoms with Gasteiger partial charge in [0.25, 0.3) is 0 Å². The molecule has 1 aliphatic rings. The summed E-state index contributed by atoms with van der Waals surface area (Å²) in [5, 5.41) is 3.12. The number of carbonyl (C=O) groups is 1. The summed E-state index contributed by atoms with van der Waals surface area (Å²) in [6.07, 6.45) is 2.90. The van der Waals surface area contributed by atoms with Crippen molar-refractivity contribution >= 4 is 5.91 Å². The van der Waals surface area contributed by atoms with Crippen LogP contribution in [0.5, 0.6) is 0 Å². The minimum Gasteiger partial charge on any atom is -0.356 e. The topological polar surface area (TPSA) is 55.1 Å². The lowest BCUT2D eigenvalue weighted by molar-refractivity contribution is -0.127. The Morgan fingerprint density at radius 1 is 1.39 bits per heavy atom. The minimum absolute atomic E-state index is 0.164. The maximum absolute atomic E-state index is 12.2. The number of carbonyl (C=O) groups excluding carboxylic acids is 1. The maximum Gasteiger partial charge on any atom is 0.223 e. The van der Waals surface area contributed by atoms with Crippen molar-refractivity contribution in [2.75, 3.05) is 6.54 Å². The van der Waals surface area contributed by atoms with Gasteiger partial charge in [0.15, 0.2) is 0 Å². The molecule has 0 saturated heterocycles. The smallest absolute Gasteiger partial charge is 0.223 e. The fourth-order valence-electron chi connectivity index (χ4n) is 2.52. The molecule has 1 fully saturated rings. The van der Waals surface area contributed by atoms with E-state index in [1.807, 2.05) is 0 Å². The molecule has 18 heavy (non-hydrogen) atoms. The van der Waals surface area contributed by atoms with Gasteiger partial charge in [-0.05, 0) is 36.5 Å². The monoisotopic (exact) mass is 254 g/mol. The summed E-state index contributed by atoms with van der Waals surface area (Å²) >= 11 is 0. The molecular formula is C15H30N2O. The lowest BCUT2D eigenvalue weighted by Gasteiger charge is -2.33. The Kier molecular flexibility index (Phi) is 5.20. The van der Waals surface area contributed by atoms with E-state index in [0.717, 1.165) is 25.8 Å². The van der Waals surface area contributed by atoms with Crippen molar-refractivity contribution in [2.24, 2.45) is 28.9 Å². The summed E-state index contributed by atoms with van der Waals surface area (Å²) in [6, 6.07) is 0.289. The van der Waals surface area contributed by atoms with Crippen LogP contribution in [0.15, 0.2) is 0 Å². The molecule has 106 valence electrons. The third-order valence-corrected chi connectivity index (χ3v) is 4.61. The van der Waals surface area contributed by atoms with Gasteiger partial charge < -0.3 is 11.1 Å². The number of hydrogen-bond donors (Lipinski definition) is 2. The first-order chi connectivity index (χ1) is 8.21.